The Kier molecular flexibility index (Phi) is 3.19. The van der Waals surface area contributed by atoms with E-state index in [1.807, 2.05) is 30.4 Å². The lowest BCUT2D eigenvalue weighted by molar-refractivity contribution is 0.987. The van der Waals surface area contributed by atoms with Gasteiger partial charge in [0.1, 0.15) is 5.52 Å². The van der Waals surface area contributed by atoms with Crippen molar-refractivity contribution in [3.8, 4) is 11.4 Å². The number of hydrogen-bond acceptors (Lipinski definition) is 4. The van der Waals surface area contributed by atoms with Crippen LogP contribution in [-0.4, -0.2) is 24.6 Å². The Morgan fingerprint density at radius 2 is 1.77 bits per heavy atom. The minimum absolute atomic E-state index is 0.762. The Hall–Kier alpha value is -3.08. The normalized spacial score (nSPS) is 13.9. The maximum absolute atomic E-state index is 4.73. The average Bonchev–Trinajstić information content (AvgIpc) is 3.01. The first-order valence-electron chi connectivity index (χ1n) is 8.91. The largest absolute Gasteiger partial charge is 0.255 e. The SMILES string of the molecule is Cc1ccc2nc(C)c3nnc(-c4cc(C5=CCC5)ccc4C)n3c2n1. The second kappa shape index (κ2) is 5.46. The van der Waals surface area contributed by atoms with Crippen molar-refractivity contribution >= 4 is 22.4 Å². The van der Waals surface area contributed by atoms with Crippen molar-refractivity contribution in [1.29, 1.82) is 0 Å². The van der Waals surface area contributed by atoms with E-state index in [0.717, 1.165) is 46.0 Å². The van der Waals surface area contributed by atoms with Gasteiger partial charge in [0, 0.05) is 11.3 Å². The van der Waals surface area contributed by atoms with E-state index in [4.69, 9.17) is 4.98 Å². The van der Waals surface area contributed by atoms with Gasteiger partial charge in [0.2, 0.25) is 0 Å². The fourth-order valence-corrected chi connectivity index (χ4v) is 3.53. The summed E-state index contributed by atoms with van der Waals surface area (Å²) in [5, 5.41) is 8.94. The maximum Gasteiger partial charge on any atom is 0.184 e. The molecule has 0 saturated carbocycles. The molecule has 0 amide bonds. The second-order valence-corrected chi connectivity index (χ2v) is 6.97. The standard InChI is InChI=1S/C21H19N5/c1-12-7-9-16(15-5-4-6-15)11-17(12)20-25-24-19-14(3)23-18-10-8-13(2)22-21(18)26(19)20/h5,7-11H,4,6H2,1-3H3. The van der Waals surface area contributed by atoms with Gasteiger partial charge in [0.15, 0.2) is 17.1 Å². The van der Waals surface area contributed by atoms with E-state index >= 15 is 0 Å². The molecule has 5 rings (SSSR count). The highest BCUT2D eigenvalue weighted by molar-refractivity contribution is 5.80. The lowest BCUT2D eigenvalue weighted by atomic mass is 9.90. The highest BCUT2D eigenvalue weighted by Gasteiger charge is 2.18. The van der Waals surface area contributed by atoms with Gasteiger partial charge in [-0.1, -0.05) is 18.2 Å². The highest BCUT2D eigenvalue weighted by atomic mass is 15.3. The molecular weight excluding hydrogens is 322 g/mol. The molecule has 1 aliphatic carbocycles. The molecule has 0 atom stereocenters. The number of fused-ring (bicyclic) bond motifs is 3. The number of hydrogen-bond donors (Lipinski definition) is 0. The van der Waals surface area contributed by atoms with Crippen LogP contribution in [0.1, 0.15) is 35.4 Å². The fraction of sp³-hybridized carbons (Fsp3) is 0.238. The van der Waals surface area contributed by atoms with E-state index in [1.165, 1.54) is 23.1 Å². The van der Waals surface area contributed by atoms with Gasteiger partial charge >= 0.3 is 0 Å². The zero-order chi connectivity index (χ0) is 17.8. The van der Waals surface area contributed by atoms with Crippen molar-refractivity contribution in [2.45, 2.75) is 33.6 Å². The highest BCUT2D eigenvalue weighted by Crippen LogP contribution is 2.33. The zero-order valence-electron chi connectivity index (χ0n) is 15.1. The van der Waals surface area contributed by atoms with Crippen LogP contribution in [0.15, 0.2) is 36.4 Å². The van der Waals surface area contributed by atoms with E-state index < -0.39 is 0 Å². The molecule has 0 N–H and O–H groups in total. The van der Waals surface area contributed by atoms with Gasteiger partial charge in [0.05, 0.1) is 5.69 Å². The molecule has 1 aliphatic rings. The molecule has 1 aromatic carbocycles. The Bertz CT molecular complexity index is 1220. The monoisotopic (exact) mass is 341 g/mol. The molecule has 0 spiro atoms. The number of benzene rings is 1. The third-order valence-electron chi connectivity index (χ3n) is 5.13. The predicted octanol–water partition coefficient (Wildman–Crippen LogP) is 4.44. The van der Waals surface area contributed by atoms with Crippen molar-refractivity contribution < 1.29 is 0 Å². The molecule has 3 heterocycles. The Labute approximate surface area is 151 Å². The van der Waals surface area contributed by atoms with Crippen molar-refractivity contribution in [2.75, 3.05) is 0 Å². The lowest BCUT2D eigenvalue weighted by Gasteiger charge is -2.16. The van der Waals surface area contributed by atoms with Crippen molar-refractivity contribution in [2.24, 2.45) is 0 Å². The number of aryl methyl sites for hydroxylation is 3. The number of allylic oxidation sites excluding steroid dienone is 2. The molecule has 5 heteroatoms. The molecule has 0 saturated heterocycles. The average molecular weight is 341 g/mol. The predicted molar refractivity (Wildman–Crippen MR) is 103 cm³/mol. The molecule has 4 aromatic rings. The van der Waals surface area contributed by atoms with Crippen molar-refractivity contribution in [1.82, 2.24) is 24.6 Å². The molecule has 0 radical (unpaired) electrons. The van der Waals surface area contributed by atoms with Gasteiger partial charge in [-0.15, -0.1) is 10.2 Å². The molecule has 128 valence electrons. The minimum atomic E-state index is 0.762. The summed E-state index contributed by atoms with van der Waals surface area (Å²) in [4.78, 5) is 9.37. The second-order valence-electron chi connectivity index (χ2n) is 6.97. The van der Waals surface area contributed by atoms with Crippen LogP contribution in [0.3, 0.4) is 0 Å². The smallest absolute Gasteiger partial charge is 0.184 e. The van der Waals surface area contributed by atoms with Gasteiger partial charge in [0.25, 0.3) is 0 Å². The van der Waals surface area contributed by atoms with Gasteiger partial charge in [-0.3, -0.25) is 4.40 Å². The maximum atomic E-state index is 4.73. The van der Waals surface area contributed by atoms with Gasteiger partial charge in [-0.25, -0.2) is 9.97 Å². The molecule has 0 fully saturated rings. The molecule has 3 aromatic heterocycles. The first-order valence-corrected chi connectivity index (χ1v) is 8.91. The summed E-state index contributed by atoms with van der Waals surface area (Å²) in [6, 6.07) is 10.6. The fourth-order valence-electron chi connectivity index (χ4n) is 3.53. The van der Waals surface area contributed by atoms with Gasteiger partial charge in [-0.2, -0.15) is 0 Å². The summed E-state index contributed by atoms with van der Waals surface area (Å²) in [5.41, 5.74) is 9.20. The topological polar surface area (TPSA) is 56.0 Å². The van der Waals surface area contributed by atoms with Gasteiger partial charge < -0.3 is 0 Å². The Morgan fingerprint density at radius 1 is 0.923 bits per heavy atom. The molecule has 0 aliphatic heterocycles. The van der Waals surface area contributed by atoms with Crippen LogP contribution < -0.4 is 0 Å². The van der Waals surface area contributed by atoms with Crippen LogP contribution in [0, 0.1) is 20.8 Å². The first kappa shape index (κ1) is 15.2. The van der Waals surface area contributed by atoms with E-state index in [0.29, 0.717) is 0 Å². The third-order valence-corrected chi connectivity index (χ3v) is 5.13. The molecule has 5 nitrogen and oxygen atoms in total. The van der Waals surface area contributed by atoms with Crippen molar-refractivity contribution in [3.05, 3.63) is 58.9 Å². The minimum Gasteiger partial charge on any atom is -0.255 e. The van der Waals surface area contributed by atoms with E-state index in [9.17, 15) is 0 Å². The Balaban J connectivity index is 1.85. The van der Waals surface area contributed by atoms with Crippen LogP contribution >= 0.6 is 0 Å². The summed E-state index contributed by atoms with van der Waals surface area (Å²) >= 11 is 0. The van der Waals surface area contributed by atoms with Crippen LogP contribution in [0.5, 0.6) is 0 Å². The van der Waals surface area contributed by atoms with E-state index in [1.54, 1.807) is 0 Å². The number of rotatable bonds is 2. The first-order chi connectivity index (χ1) is 12.6. The zero-order valence-corrected chi connectivity index (χ0v) is 15.1. The molecule has 0 bridgehead atoms. The number of nitrogens with zero attached hydrogens (tertiary/aromatic N) is 5. The molecular formula is C21H19N5. The molecule has 26 heavy (non-hydrogen) atoms. The van der Waals surface area contributed by atoms with Crippen LogP contribution in [0.4, 0.5) is 0 Å². The summed E-state index contributed by atoms with van der Waals surface area (Å²) in [5.74, 6) is 0.827. The summed E-state index contributed by atoms with van der Waals surface area (Å²) < 4.78 is 2.05. The lowest BCUT2D eigenvalue weighted by Crippen LogP contribution is -2.01. The molecule has 0 unspecified atom stereocenters. The van der Waals surface area contributed by atoms with E-state index in [2.05, 4.69) is 46.4 Å². The van der Waals surface area contributed by atoms with Crippen LogP contribution in [-0.2, 0) is 0 Å². The van der Waals surface area contributed by atoms with Crippen LogP contribution in [0.2, 0.25) is 0 Å². The van der Waals surface area contributed by atoms with Crippen LogP contribution in [0.25, 0.3) is 33.8 Å². The Morgan fingerprint density at radius 3 is 2.54 bits per heavy atom. The number of pyridine rings is 1. The summed E-state index contributed by atoms with van der Waals surface area (Å²) in [7, 11) is 0. The number of aromatic nitrogens is 5. The van der Waals surface area contributed by atoms with E-state index in [-0.39, 0.29) is 0 Å². The summed E-state index contributed by atoms with van der Waals surface area (Å²) in [6.07, 6.45) is 4.62. The quantitative estimate of drug-likeness (QED) is 0.541. The third kappa shape index (κ3) is 2.17. The summed E-state index contributed by atoms with van der Waals surface area (Å²) in [6.45, 7) is 6.07. The van der Waals surface area contributed by atoms with Gasteiger partial charge in [-0.05, 0) is 68.5 Å². The van der Waals surface area contributed by atoms with Crippen molar-refractivity contribution in [3.63, 3.8) is 0 Å².